The second-order valence-electron chi connectivity index (χ2n) is 5.63. The Morgan fingerprint density at radius 1 is 0.379 bits per heavy atom. The van der Waals surface area contributed by atoms with E-state index in [1.165, 1.54) is 18.2 Å². The van der Waals surface area contributed by atoms with Crippen LogP contribution in [-0.4, -0.2) is 0 Å². The van der Waals surface area contributed by atoms with Crippen molar-refractivity contribution in [1.82, 2.24) is 0 Å². The Kier molecular flexibility index (Phi) is 5.58. The summed E-state index contributed by atoms with van der Waals surface area (Å²) in [6.45, 7) is 0. The lowest BCUT2D eigenvalue weighted by Crippen LogP contribution is -2.33. The van der Waals surface area contributed by atoms with E-state index in [9.17, 15) is 43.9 Å². The van der Waals surface area contributed by atoms with Crippen LogP contribution in [0.1, 0.15) is 0 Å². The third kappa shape index (κ3) is 3.25. The van der Waals surface area contributed by atoms with Gasteiger partial charge in [0, 0.05) is 0 Å². The van der Waals surface area contributed by atoms with Gasteiger partial charge in [-0.3, -0.25) is 0 Å². The Morgan fingerprint density at radius 2 is 0.655 bits per heavy atom. The van der Waals surface area contributed by atoms with Gasteiger partial charge in [-0.15, -0.1) is 0 Å². The molecule has 0 aliphatic carbocycles. The number of benzene rings is 3. The highest BCUT2D eigenvalue weighted by Gasteiger charge is 2.44. The Morgan fingerprint density at radius 3 is 0.966 bits per heavy atom. The average molecular weight is 443 g/mol. The van der Waals surface area contributed by atoms with Crippen LogP contribution in [-0.2, 0) is 0 Å². The molecule has 0 aromatic heterocycles. The van der Waals surface area contributed by atoms with Gasteiger partial charge in [0.1, 0.15) is 13.2 Å². The lowest BCUT2D eigenvalue weighted by atomic mass is 10.3. The second kappa shape index (κ2) is 7.67. The summed E-state index contributed by atoms with van der Waals surface area (Å²) >= 11 is 0. The summed E-state index contributed by atoms with van der Waals surface area (Å²) in [7, 11) is -3.91. The zero-order chi connectivity index (χ0) is 21.6. The van der Waals surface area contributed by atoms with Crippen LogP contribution in [0.25, 0.3) is 0 Å². The molecular formula is C18H6F10P+. The van der Waals surface area contributed by atoms with Crippen molar-refractivity contribution in [3.63, 3.8) is 0 Å². The molecule has 0 heterocycles. The molecule has 0 saturated heterocycles. The van der Waals surface area contributed by atoms with Crippen LogP contribution in [0.15, 0.2) is 30.3 Å². The number of halogens is 10. The highest BCUT2D eigenvalue weighted by atomic mass is 31.1. The predicted molar refractivity (Wildman–Crippen MR) is 86.1 cm³/mol. The molecule has 152 valence electrons. The Hall–Kier alpha value is -2.61. The normalized spacial score (nSPS) is 11.4. The van der Waals surface area contributed by atoms with Crippen molar-refractivity contribution < 1.29 is 43.9 Å². The molecule has 0 nitrogen and oxygen atoms in total. The SMILES string of the molecule is Fc1c(F)c(F)c([PH+](c2ccccc2)c2c(F)c(F)c(F)c(F)c2F)c(F)c1F. The van der Waals surface area contributed by atoms with Crippen LogP contribution in [0.2, 0.25) is 0 Å². The monoisotopic (exact) mass is 443 g/mol. The first-order valence-corrected chi connectivity index (χ1v) is 9.05. The Labute approximate surface area is 157 Å². The summed E-state index contributed by atoms with van der Waals surface area (Å²) in [6, 6.07) is 5.74. The van der Waals surface area contributed by atoms with Crippen LogP contribution in [0.4, 0.5) is 43.9 Å². The maximum atomic E-state index is 14.4. The zero-order valence-electron chi connectivity index (χ0n) is 13.7. The molecule has 0 saturated carbocycles. The molecule has 0 aliphatic heterocycles. The third-order valence-corrected chi connectivity index (χ3v) is 6.77. The van der Waals surface area contributed by atoms with Crippen molar-refractivity contribution in [3.8, 4) is 0 Å². The van der Waals surface area contributed by atoms with Gasteiger partial charge >= 0.3 is 0 Å². The molecule has 0 unspecified atom stereocenters. The minimum Gasteiger partial charge on any atom is -0.200 e. The number of rotatable bonds is 3. The molecule has 0 N–H and O–H groups in total. The van der Waals surface area contributed by atoms with Crippen molar-refractivity contribution >= 4 is 23.8 Å². The van der Waals surface area contributed by atoms with Gasteiger partial charge < -0.3 is 0 Å². The van der Waals surface area contributed by atoms with Crippen molar-refractivity contribution in [1.29, 1.82) is 0 Å². The van der Waals surface area contributed by atoms with E-state index in [4.69, 9.17) is 0 Å². The van der Waals surface area contributed by atoms with Gasteiger partial charge in [0.25, 0.3) is 0 Å². The van der Waals surface area contributed by atoms with Gasteiger partial charge in [-0.05, 0) is 12.1 Å². The Balaban J connectivity index is 2.50. The van der Waals surface area contributed by atoms with Crippen LogP contribution in [0.3, 0.4) is 0 Å². The van der Waals surface area contributed by atoms with Gasteiger partial charge in [0.15, 0.2) is 10.6 Å². The van der Waals surface area contributed by atoms with E-state index in [1.54, 1.807) is 0 Å². The first kappa shape index (κ1) is 21.1. The van der Waals surface area contributed by atoms with E-state index < -0.39 is 76.7 Å². The molecule has 0 aliphatic rings. The molecule has 11 heteroatoms. The van der Waals surface area contributed by atoms with Gasteiger partial charge in [0.05, 0.1) is 0 Å². The van der Waals surface area contributed by atoms with Crippen LogP contribution in [0.5, 0.6) is 0 Å². The molecule has 0 fully saturated rings. The highest BCUT2D eigenvalue weighted by Crippen LogP contribution is 2.39. The van der Waals surface area contributed by atoms with E-state index in [2.05, 4.69) is 0 Å². The topological polar surface area (TPSA) is 0 Å². The van der Waals surface area contributed by atoms with E-state index in [0.29, 0.717) is 0 Å². The quantitative estimate of drug-likeness (QED) is 0.241. The highest BCUT2D eigenvalue weighted by molar-refractivity contribution is 7.79. The Bertz CT molecular complexity index is 986. The summed E-state index contributed by atoms with van der Waals surface area (Å²) in [5.74, 6) is -24.4. The van der Waals surface area contributed by atoms with Gasteiger partial charge in [-0.1, -0.05) is 18.2 Å². The van der Waals surface area contributed by atoms with Gasteiger partial charge in [-0.25, -0.2) is 26.3 Å². The minimum absolute atomic E-state index is 0.385. The number of hydrogen-bond donors (Lipinski definition) is 0. The van der Waals surface area contributed by atoms with Crippen LogP contribution in [0, 0.1) is 58.2 Å². The van der Waals surface area contributed by atoms with Crippen molar-refractivity contribution in [2.24, 2.45) is 0 Å². The van der Waals surface area contributed by atoms with Crippen molar-refractivity contribution in [3.05, 3.63) is 88.5 Å². The van der Waals surface area contributed by atoms with E-state index >= 15 is 0 Å². The van der Waals surface area contributed by atoms with Crippen LogP contribution < -0.4 is 15.9 Å². The summed E-state index contributed by atoms with van der Waals surface area (Å²) in [5, 5.41) is -3.72. The third-order valence-electron chi connectivity index (χ3n) is 3.98. The molecule has 3 aromatic carbocycles. The molecular weight excluding hydrogens is 437 g/mol. The second-order valence-corrected chi connectivity index (χ2v) is 7.96. The molecule has 0 amide bonds. The first-order chi connectivity index (χ1) is 13.6. The zero-order valence-corrected chi connectivity index (χ0v) is 14.7. The summed E-state index contributed by atoms with van der Waals surface area (Å²) in [5.41, 5.74) is 0. The predicted octanol–water partition coefficient (Wildman–Crippen LogP) is 4.57. The lowest BCUT2D eigenvalue weighted by Gasteiger charge is -2.15. The van der Waals surface area contributed by atoms with Crippen LogP contribution >= 0.6 is 7.92 Å². The van der Waals surface area contributed by atoms with Gasteiger partial charge in [0.2, 0.25) is 58.2 Å². The fourth-order valence-electron chi connectivity index (χ4n) is 2.67. The molecule has 0 bridgehead atoms. The molecule has 3 aromatic rings. The summed E-state index contributed by atoms with van der Waals surface area (Å²) in [6.07, 6.45) is 0. The maximum absolute atomic E-state index is 14.4. The van der Waals surface area contributed by atoms with E-state index in [0.717, 1.165) is 12.1 Å². The van der Waals surface area contributed by atoms with E-state index in [-0.39, 0.29) is 5.30 Å². The smallest absolute Gasteiger partial charge is 0.200 e. The summed E-state index contributed by atoms with van der Waals surface area (Å²) in [4.78, 5) is 0. The van der Waals surface area contributed by atoms with Gasteiger partial charge in [-0.2, -0.15) is 17.6 Å². The minimum atomic E-state index is -3.91. The molecule has 0 spiro atoms. The fraction of sp³-hybridized carbons (Fsp3) is 0. The van der Waals surface area contributed by atoms with E-state index in [1.807, 2.05) is 0 Å². The standard InChI is InChI=1S/C18H5F10P/c19-7-9(21)13(25)17(14(26)10(7)22)29(6-4-2-1-3-5-6)18-15(27)11(23)8(20)12(24)16(18)28/h1-5H/p+1. The maximum Gasteiger partial charge on any atom is 0.207 e. The largest absolute Gasteiger partial charge is 0.207 e. The first-order valence-electron chi connectivity index (χ1n) is 7.55. The average Bonchev–Trinajstić information content (AvgIpc) is 2.73. The molecule has 3 rings (SSSR count). The fourth-order valence-corrected chi connectivity index (χ4v) is 5.34. The van der Waals surface area contributed by atoms with Crippen molar-refractivity contribution in [2.75, 3.05) is 0 Å². The lowest BCUT2D eigenvalue weighted by molar-refractivity contribution is 0.383. The van der Waals surface area contributed by atoms with Crippen molar-refractivity contribution in [2.45, 2.75) is 0 Å². The molecule has 0 atom stereocenters. The number of hydrogen-bond acceptors (Lipinski definition) is 0. The summed E-state index contributed by atoms with van der Waals surface area (Å²) < 4.78 is 139. The molecule has 29 heavy (non-hydrogen) atoms. The molecule has 0 radical (unpaired) electrons.